The minimum atomic E-state index is -0.423. The molecule has 5 heteroatoms. The lowest BCUT2D eigenvalue weighted by atomic mass is 9.75. The van der Waals surface area contributed by atoms with Crippen LogP contribution in [0.4, 0.5) is 0 Å². The van der Waals surface area contributed by atoms with Gasteiger partial charge in [-0.25, -0.2) is 0 Å². The highest BCUT2D eigenvalue weighted by molar-refractivity contribution is 5.11. The molecule has 5 nitrogen and oxygen atoms in total. The molecule has 0 radical (unpaired) electrons. The molecule has 0 aliphatic carbocycles. The molecule has 1 aliphatic heterocycles. The van der Waals surface area contributed by atoms with E-state index < -0.39 is 5.54 Å². The zero-order valence-electron chi connectivity index (χ0n) is 11.0. The number of ether oxygens (including phenoxy) is 1. The fraction of sp³-hybridized carbons (Fsp3) is 0.833. The van der Waals surface area contributed by atoms with Crippen molar-refractivity contribution in [2.24, 2.45) is 5.73 Å². The van der Waals surface area contributed by atoms with Crippen molar-refractivity contribution in [3.05, 3.63) is 11.7 Å². The second-order valence-corrected chi connectivity index (χ2v) is 5.81. The SMILES string of the molecule is CC(C)(N)C(C)(C)c1nc(C2CCCO2)no1. The lowest BCUT2D eigenvalue weighted by Crippen LogP contribution is -2.50. The Morgan fingerprint density at radius 1 is 1.29 bits per heavy atom. The third-order valence-electron chi connectivity index (χ3n) is 3.80. The highest BCUT2D eigenvalue weighted by Crippen LogP contribution is 2.33. The molecule has 1 unspecified atom stereocenters. The van der Waals surface area contributed by atoms with E-state index in [1.807, 2.05) is 27.7 Å². The second kappa shape index (κ2) is 4.07. The Balaban J connectivity index is 2.23. The van der Waals surface area contributed by atoms with Gasteiger partial charge in [-0.15, -0.1) is 0 Å². The molecule has 0 aromatic carbocycles. The van der Waals surface area contributed by atoms with Crippen LogP contribution >= 0.6 is 0 Å². The average molecular weight is 239 g/mol. The Kier molecular flexibility index (Phi) is 2.99. The van der Waals surface area contributed by atoms with Crippen LogP contribution in [0.3, 0.4) is 0 Å². The van der Waals surface area contributed by atoms with Crippen LogP contribution in [0.15, 0.2) is 4.52 Å². The molecule has 96 valence electrons. The third-order valence-corrected chi connectivity index (χ3v) is 3.80. The van der Waals surface area contributed by atoms with Gasteiger partial charge in [0.1, 0.15) is 6.10 Å². The van der Waals surface area contributed by atoms with Crippen LogP contribution < -0.4 is 5.73 Å². The van der Waals surface area contributed by atoms with E-state index in [0.717, 1.165) is 19.4 Å². The molecular weight excluding hydrogens is 218 g/mol. The summed E-state index contributed by atoms with van der Waals surface area (Å²) in [6.45, 7) is 8.73. The molecule has 1 saturated heterocycles. The number of hydrogen-bond acceptors (Lipinski definition) is 5. The number of nitrogens with zero attached hydrogens (tertiary/aromatic N) is 2. The van der Waals surface area contributed by atoms with Gasteiger partial charge in [0.2, 0.25) is 11.7 Å². The zero-order valence-corrected chi connectivity index (χ0v) is 11.0. The summed E-state index contributed by atoms with van der Waals surface area (Å²) >= 11 is 0. The maximum Gasteiger partial charge on any atom is 0.234 e. The first-order chi connectivity index (χ1) is 7.82. The smallest absolute Gasteiger partial charge is 0.234 e. The van der Waals surface area contributed by atoms with Gasteiger partial charge in [0, 0.05) is 12.1 Å². The van der Waals surface area contributed by atoms with Crippen molar-refractivity contribution in [1.82, 2.24) is 10.1 Å². The van der Waals surface area contributed by atoms with Crippen molar-refractivity contribution in [2.75, 3.05) is 6.61 Å². The standard InChI is InChI=1S/C12H21N3O2/c1-11(2,12(3,4)13)10-14-9(15-17-10)8-6-5-7-16-8/h8H,5-7,13H2,1-4H3. The van der Waals surface area contributed by atoms with Gasteiger partial charge in [0.05, 0.1) is 5.41 Å². The fourth-order valence-electron chi connectivity index (χ4n) is 1.68. The highest BCUT2D eigenvalue weighted by atomic mass is 16.5. The Labute approximate surface area is 102 Å². The predicted molar refractivity (Wildman–Crippen MR) is 63.5 cm³/mol. The van der Waals surface area contributed by atoms with Crippen LogP contribution in [-0.2, 0) is 10.2 Å². The molecule has 1 fully saturated rings. The second-order valence-electron chi connectivity index (χ2n) is 5.81. The monoisotopic (exact) mass is 239 g/mol. The lowest BCUT2D eigenvalue weighted by Gasteiger charge is -2.34. The number of nitrogens with two attached hydrogens (primary N) is 1. The Morgan fingerprint density at radius 3 is 2.53 bits per heavy atom. The first kappa shape index (κ1) is 12.5. The summed E-state index contributed by atoms with van der Waals surface area (Å²) in [5.41, 5.74) is 5.36. The molecular formula is C12H21N3O2. The van der Waals surface area contributed by atoms with Gasteiger partial charge in [0.15, 0.2) is 0 Å². The summed E-state index contributed by atoms with van der Waals surface area (Å²) in [5, 5.41) is 4.01. The van der Waals surface area contributed by atoms with Crippen LogP contribution in [0.2, 0.25) is 0 Å². The lowest BCUT2D eigenvalue weighted by molar-refractivity contribution is 0.103. The van der Waals surface area contributed by atoms with Gasteiger partial charge in [-0.3, -0.25) is 0 Å². The summed E-state index contributed by atoms with van der Waals surface area (Å²) in [6.07, 6.45) is 2.01. The first-order valence-corrected chi connectivity index (χ1v) is 6.07. The quantitative estimate of drug-likeness (QED) is 0.872. The van der Waals surface area contributed by atoms with Crippen LogP contribution in [-0.4, -0.2) is 22.3 Å². The number of hydrogen-bond donors (Lipinski definition) is 1. The fourth-order valence-corrected chi connectivity index (χ4v) is 1.68. The zero-order chi connectivity index (χ0) is 12.7. The normalized spacial score (nSPS) is 22.1. The topological polar surface area (TPSA) is 74.2 Å². The van der Waals surface area contributed by atoms with Crippen molar-refractivity contribution in [2.45, 2.75) is 57.6 Å². The molecule has 1 aromatic rings. The molecule has 2 heterocycles. The molecule has 1 atom stereocenters. The van der Waals surface area contributed by atoms with E-state index in [4.69, 9.17) is 15.0 Å². The van der Waals surface area contributed by atoms with Crippen molar-refractivity contribution in [3.8, 4) is 0 Å². The van der Waals surface area contributed by atoms with Crippen molar-refractivity contribution in [3.63, 3.8) is 0 Å². The number of aromatic nitrogens is 2. The molecule has 2 N–H and O–H groups in total. The molecule has 17 heavy (non-hydrogen) atoms. The van der Waals surface area contributed by atoms with Crippen molar-refractivity contribution < 1.29 is 9.26 Å². The van der Waals surface area contributed by atoms with E-state index in [9.17, 15) is 0 Å². The van der Waals surface area contributed by atoms with E-state index in [0.29, 0.717) is 11.7 Å². The van der Waals surface area contributed by atoms with Gasteiger partial charge in [-0.2, -0.15) is 4.98 Å². The summed E-state index contributed by atoms with van der Waals surface area (Å²) in [5.74, 6) is 1.23. The number of rotatable bonds is 3. The summed E-state index contributed by atoms with van der Waals surface area (Å²) < 4.78 is 10.9. The molecule has 0 saturated carbocycles. The van der Waals surface area contributed by atoms with E-state index >= 15 is 0 Å². The third kappa shape index (κ3) is 2.21. The van der Waals surface area contributed by atoms with Crippen LogP contribution in [0.5, 0.6) is 0 Å². The maximum atomic E-state index is 6.15. The Bertz CT molecular complexity index is 387. The minimum Gasteiger partial charge on any atom is -0.370 e. The first-order valence-electron chi connectivity index (χ1n) is 6.07. The predicted octanol–water partition coefficient (Wildman–Crippen LogP) is 1.94. The van der Waals surface area contributed by atoms with Crippen LogP contribution in [0.1, 0.15) is 58.4 Å². The molecule has 1 aromatic heterocycles. The Morgan fingerprint density at radius 2 is 2.00 bits per heavy atom. The van der Waals surface area contributed by atoms with Gasteiger partial charge in [0.25, 0.3) is 0 Å². The van der Waals surface area contributed by atoms with Crippen LogP contribution in [0, 0.1) is 0 Å². The van der Waals surface area contributed by atoms with Gasteiger partial charge in [-0.05, 0) is 40.5 Å². The van der Waals surface area contributed by atoms with E-state index in [1.165, 1.54) is 0 Å². The maximum absolute atomic E-state index is 6.15. The Hall–Kier alpha value is -0.940. The van der Waals surface area contributed by atoms with Gasteiger partial charge >= 0.3 is 0 Å². The largest absolute Gasteiger partial charge is 0.370 e. The van der Waals surface area contributed by atoms with Crippen molar-refractivity contribution in [1.29, 1.82) is 0 Å². The van der Waals surface area contributed by atoms with E-state index in [-0.39, 0.29) is 11.5 Å². The summed E-state index contributed by atoms with van der Waals surface area (Å²) in [7, 11) is 0. The van der Waals surface area contributed by atoms with E-state index in [2.05, 4.69) is 10.1 Å². The molecule has 0 amide bonds. The van der Waals surface area contributed by atoms with Gasteiger partial charge in [-0.1, -0.05) is 5.16 Å². The average Bonchev–Trinajstić information content (AvgIpc) is 2.87. The van der Waals surface area contributed by atoms with Crippen LogP contribution in [0.25, 0.3) is 0 Å². The van der Waals surface area contributed by atoms with Gasteiger partial charge < -0.3 is 15.0 Å². The highest BCUT2D eigenvalue weighted by Gasteiger charge is 2.40. The molecule has 1 aliphatic rings. The molecule has 0 spiro atoms. The minimum absolute atomic E-state index is 0.0100. The molecule has 0 bridgehead atoms. The van der Waals surface area contributed by atoms with E-state index in [1.54, 1.807) is 0 Å². The molecule has 2 rings (SSSR count). The summed E-state index contributed by atoms with van der Waals surface area (Å²) in [4.78, 5) is 4.45. The van der Waals surface area contributed by atoms with Crippen molar-refractivity contribution >= 4 is 0 Å². The summed E-state index contributed by atoms with van der Waals surface area (Å²) in [6, 6.07) is 0.